The molecule has 1 unspecified atom stereocenters. The van der Waals surface area contributed by atoms with Crippen LogP contribution < -0.4 is 4.90 Å². The molecule has 5 rings (SSSR count). The highest BCUT2D eigenvalue weighted by atomic mass is 19.1. The zero-order valence-electron chi connectivity index (χ0n) is 15.5. The third-order valence-electron chi connectivity index (χ3n) is 5.03. The smallest absolute Gasteiger partial charge is 0.414 e. The topological polar surface area (TPSA) is 127 Å². The van der Waals surface area contributed by atoms with Crippen molar-refractivity contribution in [3.8, 4) is 0 Å². The molecule has 3 aliphatic rings. The van der Waals surface area contributed by atoms with Gasteiger partial charge in [-0.05, 0) is 11.3 Å². The molecule has 0 radical (unpaired) electrons. The average molecular weight is 403 g/mol. The summed E-state index contributed by atoms with van der Waals surface area (Å²) in [6.07, 6.45) is 0.771. The molecule has 1 amide bonds. The van der Waals surface area contributed by atoms with Crippen LogP contribution in [0.1, 0.15) is 18.1 Å². The quantitative estimate of drug-likeness (QED) is 0.725. The third kappa shape index (κ3) is 3.03. The zero-order chi connectivity index (χ0) is 20.1. The molecule has 2 atom stereocenters. The van der Waals surface area contributed by atoms with Gasteiger partial charge in [0, 0.05) is 17.7 Å². The molecule has 152 valence electrons. The second-order valence-corrected chi connectivity index (χ2v) is 7.02. The predicted molar refractivity (Wildman–Crippen MR) is 94.6 cm³/mol. The van der Waals surface area contributed by atoms with E-state index in [1.54, 1.807) is 23.9 Å². The van der Waals surface area contributed by atoms with Crippen LogP contribution in [0.25, 0.3) is 5.57 Å². The minimum atomic E-state index is -1.35. The normalized spacial score (nSPS) is 23.9. The number of cyclic esters (lactones) is 1. The number of aliphatic hydroxyl groups is 1. The Hall–Kier alpha value is -3.35. The van der Waals surface area contributed by atoms with Gasteiger partial charge in [-0.25, -0.2) is 18.9 Å². The molecule has 2 aliphatic heterocycles. The molecule has 2 aromatic heterocycles. The molecule has 0 spiro atoms. The number of carbonyl (C=O) groups excluding carboxylic acids is 1. The monoisotopic (exact) mass is 403 g/mol. The number of carbonyl (C=O) groups is 1. The number of allylic oxidation sites excluding steroid dienone is 4. The van der Waals surface area contributed by atoms with Crippen molar-refractivity contribution in [2.24, 2.45) is 7.05 Å². The Balaban J connectivity index is 1.33. The van der Waals surface area contributed by atoms with Crippen LogP contribution in [-0.2, 0) is 25.0 Å². The number of rotatable bonds is 4. The van der Waals surface area contributed by atoms with Gasteiger partial charge in [0.15, 0.2) is 5.82 Å². The van der Waals surface area contributed by atoms with E-state index >= 15 is 0 Å². The SMILES string of the molecule is Cn1nnc(N2Cc3nc(C4=CC=C(N5C[C@H](CO)OC5=O)CC4F)nn3C2)n1. The Morgan fingerprint density at radius 2 is 2.21 bits per heavy atom. The van der Waals surface area contributed by atoms with Crippen LogP contribution in [0, 0.1) is 0 Å². The highest BCUT2D eigenvalue weighted by Gasteiger charge is 2.36. The molecule has 4 heterocycles. The van der Waals surface area contributed by atoms with Crippen LogP contribution in [0.4, 0.5) is 15.1 Å². The standard InChI is InChI=1S/C16H18FN9O3/c1-23-21-15(19-22-23)24-6-13-18-14(20-26(13)8-24)11-3-2-9(4-12(11)17)25-5-10(7-27)29-16(25)28/h2-3,10,12,27H,4-8H2,1H3/t10-,12?/m1/s1. The minimum absolute atomic E-state index is 0.0125. The van der Waals surface area contributed by atoms with Crippen molar-refractivity contribution in [2.45, 2.75) is 31.9 Å². The molecule has 1 saturated heterocycles. The van der Waals surface area contributed by atoms with Crippen LogP contribution in [-0.4, -0.2) is 76.5 Å². The number of alkyl halides is 1. The van der Waals surface area contributed by atoms with Crippen molar-refractivity contribution >= 4 is 17.6 Å². The lowest BCUT2D eigenvalue weighted by Crippen LogP contribution is -2.28. The summed E-state index contributed by atoms with van der Waals surface area (Å²) in [6.45, 7) is 0.801. The highest BCUT2D eigenvalue weighted by Crippen LogP contribution is 2.32. The van der Waals surface area contributed by atoms with E-state index in [9.17, 15) is 9.18 Å². The molecule has 2 aromatic rings. The summed E-state index contributed by atoms with van der Waals surface area (Å²) in [6, 6.07) is 0. The van der Waals surface area contributed by atoms with E-state index in [0.29, 0.717) is 42.1 Å². The van der Waals surface area contributed by atoms with Crippen molar-refractivity contribution in [1.82, 2.24) is 39.9 Å². The Bertz CT molecular complexity index is 1010. The van der Waals surface area contributed by atoms with Crippen LogP contribution >= 0.6 is 0 Å². The largest absolute Gasteiger partial charge is 0.441 e. The number of halogens is 1. The second-order valence-electron chi connectivity index (χ2n) is 7.02. The third-order valence-corrected chi connectivity index (χ3v) is 5.03. The zero-order valence-corrected chi connectivity index (χ0v) is 15.5. The van der Waals surface area contributed by atoms with Gasteiger partial charge in [0.05, 0.1) is 26.7 Å². The lowest BCUT2D eigenvalue weighted by Gasteiger charge is -2.22. The number of fused-ring (bicyclic) bond motifs is 1. The van der Waals surface area contributed by atoms with Gasteiger partial charge in [0.1, 0.15) is 24.8 Å². The number of ether oxygens (including phenoxy) is 1. The van der Waals surface area contributed by atoms with Crippen molar-refractivity contribution in [1.29, 1.82) is 0 Å². The van der Waals surface area contributed by atoms with E-state index in [-0.39, 0.29) is 19.6 Å². The Morgan fingerprint density at radius 1 is 1.34 bits per heavy atom. The first-order valence-electron chi connectivity index (χ1n) is 9.08. The van der Waals surface area contributed by atoms with Gasteiger partial charge in [0.25, 0.3) is 5.95 Å². The van der Waals surface area contributed by atoms with Crippen molar-refractivity contribution in [3.63, 3.8) is 0 Å². The van der Waals surface area contributed by atoms with Crippen LogP contribution in [0.2, 0.25) is 0 Å². The molecule has 1 fully saturated rings. The average Bonchev–Trinajstić information content (AvgIpc) is 3.44. The number of aryl methyl sites for hydroxylation is 1. The summed E-state index contributed by atoms with van der Waals surface area (Å²) in [5.41, 5.74) is 0.875. The lowest BCUT2D eigenvalue weighted by molar-refractivity contribution is 0.0951. The van der Waals surface area contributed by atoms with Crippen LogP contribution in [0.3, 0.4) is 0 Å². The number of hydrogen-bond acceptors (Lipinski definition) is 9. The summed E-state index contributed by atoms with van der Waals surface area (Å²) in [4.78, 5) is 21.0. The summed E-state index contributed by atoms with van der Waals surface area (Å²) < 4.78 is 21.6. The van der Waals surface area contributed by atoms with E-state index in [1.807, 2.05) is 4.90 Å². The number of aliphatic hydroxyl groups excluding tert-OH is 1. The Kier molecular flexibility index (Phi) is 4.04. The molecule has 12 nitrogen and oxygen atoms in total. The second kappa shape index (κ2) is 6.62. The first kappa shape index (κ1) is 17.7. The van der Waals surface area contributed by atoms with E-state index < -0.39 is 18.4 Å². The first-order valence-corrected chi connectivity index (χ1v) is 9.08. The van der Waals surface area contributed by atoms with Gasteiger partial charge in [-0.1, -0.05) is 11.2 Å². The van der Waals surface area contributed by atoms with Crippen molar-refractivity contribution in [3.05, 3.63) is 29.5 Å². The van der Waals surface area contributed by atoms with E-state index in [1.165, 1.54) is 9.70 Å². The molecule has 0 saturated carbocycles. The lowest BCUT2D eigenvalue weighted by atomic mass is 9.99. The first-order chi connectivity index (χ1) is 14.0. The molecule has 13 heteroatoms. The molecule has 29 heavy (non-hydrogen) atoms. The predicted octanol–water partition coefficient (Wildman–Crippen LogP) is -0.399. The van der Waals surface area contributed by atoms with E-state index in [2.05, 4.69) is 25.5 Å². The van der Waals surface area contributed by atoms with Gasteiger partial charge in [-0.15, -0.1) is 10.2 Å². The number of amides is 1. The molecular weight excluding hydrogens is 385 g/mol. The summed E-state index contributed by atoms with van der Waals surface area (Å²) in [7, 11) is 1.69. The Morgan fingerprint density at radius 3 is 2.86 bits per heavy atom. The van der Waals surface area contributed by atoms with Gasteiger partial charge in [-0.3, -0.25) is 4.90 Å². The van der Waals surface area contributed by atoms with E-state index in [0.717, 1.165) is 0 Å². The van der Waals surface area contributed by atoms with Crippen LogP contribution in [0.5, 0.6) is 0 Å². The number of aromatic nitrogens is 7. The Labute approximate surface area is 163 Å². The van der Waals surface area contributed by atoms with Crippen LogP contribution in [0.15, 0.2) is 17.8 Å². The van der Waals surface area contributed by atoms with Gasteiger partial charge < -0.3 is 14.7 Å². The number of tetrazole rings is 1. The molecule has 1 aliphatic carbocycles. The molecule has 0 aromatic carbocycles. The maximum absolute atomic E-state index is 14.9. The molecular formula is C16H18FN9O3. The van der Waals surface area contributed by atoms with Crippen molar-refractivity contribution in [2.75, 3.05) is 18.1 Å². The van der Waals surface area contributed by atoms with Gasteiger partial charge in [-0.2, -0.15) is 4.80 Å². The highest BCUT2D eigenvalue weighted by molar-refractivity contribution is 5.74. The maximum atomic E-state index is 14.9. The van der Waals surface area contributed by atoms with E-state index in [4.69, 9.17) is 9.84 Å². The van der Waals surface area contributed by atoms with Crippen molar-refractivity contribution < 1.29 is 19.0 Å². The number of anilines is 1. The fourth-order valence-electron chi connectivity index (χ4n) is 3.56. The van der Waals surface area contributed by atoms with Gasteiger partial charge >= 0.3 is 6.09 Å². The van der Waals surface area contributed by atoms with Gasteiger partial charge in [0.2, 0.25) is 0 Å². The molecule has 0 bridgehead atoms. The summed E-state index contributed by atoms with van der Waals surface area (Å²) >= 11 is 0. The summed E-state index contributed by atoms with van der Waals surface area (Å²) in [5.74, 6) is 1.49. The maximum Gasteiger partial charge on any atom is 0.414 e. The number of hydrogen-bond donors (Lipinski definition) is 1. The number of nitrogens with zero attached hydrogens (tertiary/aromatic N) is 9. The fraction of sp³-hybridized carbons (Fsp3) is 0.500. The minimum Gasteiger partial charge on any atom is -0.441 e. The summed E-state index contributed by atoms with van der Waals surface area (Å²) in [5, 5.41) is 25.5. The fourth-order valence-corrected chi connectivity index (χ4v) is 3.56. The molecule has 1 N–H and O–H groups in total.